The van der Waals surface area contributed by atoms with Gasteiger partial charge in [-0.05, 0) is 43.3 Å². The Bertz CT molecular complexity index is 774. The monoisotopic (exact) mass is 465 g/mol. The van der Waals surface area contributed by atoms with Crippen molar-refractivity contribution in [2.24, 2.45) is 11.7 Å². The van der Waals surface area contributed by atoms with E-state index in [0.717, 1.165) is 10.5 Å². The predicted octanol–water partition coefficient (Wildman–Crippen LogP) is 1.76. The van der Waals surface area contributed by atoms with Crippen molar-refractivity contribution in [3.05, 3.63) is 35.9 Å². The fourth-order valence-corrected chi connectivity index (χ4v) is 3.89. The van der Waals surface area contributed by atoms with E-state index in [4.69, 9.17) is 10.5 Å². The van der Waals surface area contributed by atoms with E-state index in [9.17, 15) is 19.2 Å². The average Bonchev–Trinajstić information content (AvgIpc) is 2.76. The summed E-state index contributed by atoms with van der Waals surface area (Å²) in [7, 11) is 1.21. The highest BCUT2D eigenvalue weighted by Gasteiger charge is 2.45. The molecule has 1 aromatic rings. The number of nitrogens with one attached hydrogen (secondary N) is 1. The van der Waals surface area contributed by atoms with E-state index in [1.54, 1.807) is 36.0 Å². The van der Waals surface area contributed by atoms with Crippen LogP contribution in [0.15, 0.2) is 30.3 Å². The number of hydrogen-bond donors (Lipinski definition) is 2. The smallest absolute Gasteiger partial charge is 0.332 e. The molecule has 0 aromatic heterocycles. The van der Waals surface area contributed by atoms with E-state index in [2.05, 4.69) is 5.32 Å². The Morgan fingerprint density at radius 2 is 1.88 bits per heavy atom. The molecule has 0 heterocycles. The summed E-state index contributed by atoms with van der Waals surface area (Å²) in [6.45, 7) is 5.28. The fraction of sp³-hybridized carbons (Fsp3) is 0.565. The highest BCUT2D eigenvalue weighted by Crippen LogP contribution is 2.24. The molecule has 0 saturated carbocycles. The maximum atomic E-state index is 13.5. The van der Waals surface area contributed by atoms with Crippen molar-refractivity contribution < 1.29 is 23.9 Å². The Kier molecular flexibility index (Phi) is 11.4. The number of methoxy groups -OCH3 is 1. The average molecular weight is 466 g/mol. The molecule has 0 unspecified atom stereocenters. The van der Waals surface area contributed by atoms with Crippen LogP contribution in [0.1, 0.15) is 39.2 Å². The molecule has 0 saturated heterocycles. The van der Waals surface area contributed by atoms with Crippen LogP contribution in [0.25, 0.3) is 0 Å². The minimum absolute atomic E-state index is 0.0404. The number of esters is 1. The summed E-state index contributed by atoms with van der Waals surface area (Å²) >= 11 is 1.57. The van der Waals surface area contributed by atoms with Gasteiger partial charge < -0.3 is 15.8 Å². The molecule has 0 fully saturated rings. The summed E-state index contributed by atoms with van der Waals surface area (Å²) in [4.78, 5) is 51.8. The van der Waals surface area contributed by atoms with Crippen LogP contribution in [0.5, 0.6) is 0 Å². The third-order valence-corrected chi connectivity index (χ3v) is 5.83. The molecule has 3 N–H and O–H groups in total. The van der Waals surface area contributed by atoms with Crippen molar-refractivity contribution in [3.8, 4) is 0 Å². The first-order valence-corrected chi connectivity index (χ1v) is 12.0. The number of nitrogens with two attached hydrogens (primary N) is 1. The van der Waals surface area contributed by atoms with E-state index in [1.165, 1.54) is 14.0 Å². The van der Waals surface area contributed by atoms with E-state index >= 15 is 0 Å². The summed E-state index contributed by atoms with van der Waals surface area (Å²) in [5, 5.41) is 2.69. The highest BCUT2D eigenvalue weighted by atomic mass is 32.2. The molecule has 3 amide bonds. The summed E-state index contributed by atoms with van der Waals surface area (Å²) in [5.41, 5.74) is 5.12. The molecule has 1 rings (SSSR count). The van der Waals surface area contributed by atoms with E-state index in [1.807, 2.05) is 26.2 Å². The second kappa shape index (κ2) is 13.2. The van der Waals surface area contributed by atoms with Crippen LogP contribution in [0.4, 0.5) is 0 Å². The number of ether oxygens (including phenoxy) is 1. The molecule has 1 aromatic carbocycles. The van der Waals surface area contributed by atoms with Crippen LogP contribution < -0.4 is 11.1 Å². The SMILES string of the molecule is COC(=O)[C@](C)(Cc1ccccc1)N(C=O)C(=O)[C@H](CC(C)C)NC(=O)[C@@H](N)CCSC. The predicted molar refractivity (Wildman–Crippen MR) is 126 cm³/mol. The number of benzene rings is 1. The van der Waals surface area contributed by atoms with Crippen molar-refractivity contribution in [1.29, 1.82) is 0 Å². The molecule has 3 atom stereocenters. The molecule has 8 nitrogen and oxygen atoms in total. The van der Waals surface area contributed by atoms with Crippen LogP contribution in [0, 0.1) is 5.92 Å². The molecule has 0 aliphatic heterocycles. The number of thioether (sulfide) groups is 1. The van der Waals surface area contributed by atoms with Crippen LogP contribution >= 0.6 is 11.8 Å². The quantitative estimate of drug-likeness (QED) is 0.336. The molecule has 178 valence electrons. The van der Waals surface area contributed by atoms with Gasteiger partial charge in [-0.2, -0.15) is 11.8 Å². The van der Waals surface area contributed by atoms with Gasteiger partial charge in [0.2, 0.25) is 12.3 Å². The normalized spacial score (nSPS) is 14.7. The van der Waals surface area contributed by atoms with Crippen LogP contribution in [0.2, 0.25) is 0 Å². The van der Waals surface area contributed by atoms with Crippen molar-refractivity contribution in [2.45, 2.75) is 57.7 Å². The van der Waals surface area contributed by atoms with Gasteiger partial charge in [-0.3, -0.25) is 19.3 Å². The number of amides is 3. The second-order valence-electron chi connectivity index (χ2n) is 8.32. The number of hydrogen-bond acceptors (Lipinski definition) is 7. The number of carbonyl (C=O) groups excluding carboxylic acids is 4. The molecule has 9 heteroatoms. The minimum atomic E-state index is -1.59. The third-order valence-electron chi connectivity index (χ3n) is 5.18. The Hall–Kier alpha value is -2.39. The summed E-state index contributed by atoms with van der Waals surface area (Å²) in [6, 6.07) is 7.25. The maximum Gasteiger partial charge on any atom is 0.332 e. The zero-order valence-electron chi connectivity index (χ0n) is 19.5. The molecule has 0 aliphatic rings. The lowest BCUT2D eigenvalue weighted by atomic mass is 9.89. The van der Waals surface area contributed by atoms with Crippen LogP contribution in [-0.4, -0.2) is 65.8 Å². The summed E-state index contributed by atoms with van der Waals surface area (Å²) in [5.74, 6) is -1.13. The molecule has 0 radical (unpaired) electrons. The Balaban J connectivity index is 3.24. The lowest BCUT2D eigenvalue weighted by molar-refractivity contribution is -0.164. The topological polar surface area (TPSA) is 119 Å². The standard InChI is InChI=1S/C23H35N3O5S/c1-16(2)13-19(25-20(28)18(24)11-12-32-5)21(29)26(15-27)23(3,22(30)31-4)14-17-9-7-6-8-10-17/h6-10,15-16,18-19H,11-14,24H2,1-5H3,(H,25,28)/t18-,19-,23-/m0/s1. The van der Waals surface area contributed by atoms with Crippen molar-refractivity contribution >= 4 is 36.0 Å². The zero-order valence-corrected chi connectivity index (χ0v) is 20.3. The first-order valence-electron chi connectivity index (χ1n) is 10.6. The molecule has 0 spiro atoms. The van der Waals surface area contributed by atoms with Gasteiger partial charge in [0, 0.05) is 6.42 Å². The number of rotatable bonds is 13. The first-order chi connectivity index (χ1) is 15.1. The molecule has 32 heavy (non-hydrogen) atoms. The maximum absolute atomic E-state index is 13.5. The minimum Gasteiger partial charge on any atom is -0.467 e. The number of imide groups is 1. The summed E-state index contributed by atoms with van der Waals surface area (Å²) in [6.07, 6.45) is 3.06. The zero-order chi connectivity index (χ0) is 24.3. The summed E-state index contributed by atoms with van der Waals surface area (Å²) < 4.78 is 4.94. The van der Waals surface area contributed by atoms with Gasteiger partial charge in [0.05, 0.1) is 13.2 Å². The lowest BCUT2D eigenvalue weighted by Crippen LogP contribution is -2.61. The van der Waals surface area contributed by atoms with Gasteiger partial charge >= 0.3 is 5.97 Å². The molecular weight excluding hydrogens is 430 g/mol. The van der Waals surface area contributed by atoms with Crippen LogP contribution in [-0.2, 0) is 30.3 Å². The van der Waals surface area contributed by atoms with Gasteiger partial charge in [0.15, 0.2) is 0 Å². The van der Waals surface area contributed by atoms with E-state index < -0.39 is 35.4 Å². The van der Waals surface area contributed by atoms with Gasteiger partial charge in [-0.15, -0.1) is 0 Å². The van der Waals surface area contributed by atoms with Gasteiger partial charge in [0.1, 0.15) is 11.6 Å². The van der Waals surface area contributed by atoms with Crippen LogP contribution in [0.3, 0.4) is 0 Å². The van der Waals surface area contributed by atoms with Crippen molar-refractivity contribution in [1.82, 2.24) is 10.2 Å². The second-order valence-corrected chi connectivity index (χ2v) is 9.31. The number of carbonyl (C=O) groups is 4. The lowest BCUT2D eigenvalue weighted by Gasteiger charge is -2.37. The molecule has 0 bridgehead atoms. The van der Waals surface area contributed by atoms with Gasteiger partial charge in [-0.25, -0.2) is 4.79 Å². The first kappa shape index (κ1) is 27.6. The fourth-order valence-electron chi connectivity index (χ4n) is 3.40. The van der Waals surface area contributed by atoms with Crippen molar-refractivity contribution in [2.75, 3.05) is 19.1 Å². The Morgan fingerprint density at radius 1 is 1.25 bits per heavy atom. The van der Waals surface area contributed by atoms with E-state index in [-0.39, 0.29) is 18.8 Å². The number of nitrogens with zero attached hydrogens (tertiary/aromatic N) is 1. The highest BCUT2D eigenvalue weighted by molar-refractivity contribution is 7.98. The third kappa shape index (κ3) is 7.63. The molecule has 0 aliphatic carbocycles. The van der Waals surface area contributed by atoms with E-state index in [0.29, 0.717) is 18.6 Å². The largest absolute Gasteiger partial charge is 0.467 e. The van der Waals surface area contributed by atoms with Gasteiger partial charge in [-0.1, -0.05) is 44.2 Å². The van der Waals surface area contributed by atoms with Gasteiger partial charge in [0.25, 0.3) is 5.91 Å². The molecular formula is C23H35N3O5S. The van der Waals surface area contributed by atoms with Crippen molar-refractivity contribution in [3.63, 3.8) is 0 Å². The Labute approximate surface area is 194 Å². The Morgan fingerprint density at radius 3 is 2.38 bits per heavy atom.